The van der Waals surface area contributed by atoms with E-state index in [0.29, 0.717) is 26.2 Å². The van der Waals surface area contributed by atoms with Gasteiger partial charge < -0.3 is 4.98 Å². The summed E-state index contributed by atoms with van der Waals surface area (Å²) < 4.78 is 1.91. The van der Waals surface area contributed by atoms with Crippen molar-refractivity contribution in [3.8, 4) is 11.4 Å². The predicted octanol–water partition coefficient (Wildman–Crippen LogP) is 5.28. The standard InChI is InChI=1S/C17H11Cl2N5S/c18-11-5-6-13(14(19)7-11)16-22-23-17(25)24(16)21-9-10-8-20-15-4-2-1-3-12(10)15/h1-9,20H,(H,23,25)/b21-9-. The van der Waals surface area contributed by atoms with Gasteiger partial charge in [-0.05, 0) is 36.5 Å². The normalized spacial score (nSPS) is 11.6. The summed E-state index contributed by atoms with van der Waals surface area (Å²) >= 11 is 17.5. The van der Waals surface area contributed by atoms with Crippen LogP contribution >= 0.6 is 35.4 Å². The largest absolute Gasteiger partial charge is 0.361 e. The number of H-pyrrole nitrogens is 2. The molecule has 0 aliphatic heterocycles. The Bertz CT molecular complexity index is 1160. The van der Waals surface area contributed by atoms with Crippen LogP contribution in [0.1, 0.15) is 5.56 Å². The number of rotatable bonds is 3. The Hall–Kier alpha value is -2.41. The molecule has 0 amide bonds. The summed E-state index contributed by atoms with van der Waals surface area (Å²) in [6.07, 6.45) is 3.63. The number of aromatic amines is 2. The van der Waals surface area contributed by atoms with Crippen LogP contribution in [-0.2, 0) is 0 Å². The molecule has 8 heteroatoms. The van der Waals surface area contributed by atoms with E-state index in [9.17, 15) is 0 Å². The third-order valence-corrected chi connectivity index (χ3v) is 4.57. The number of hydrogen-bond donors (Lipinski definition) is 2. The van der Waals surface area contributed by atoms with Gasteiger partial charge in [-0.2, -0.15) is 14.9 Å². The summed E-state index contributed by atoms with van der Waals surface area (Å²) in [6, 6.07) is 13.2. The minimum atomic E-state index is 0.372. The van der Waals surface area contributed by atoms with Crippen molar-refractivity contribution in [1.82, 2.24) is 19.9 Å². The van der Waals surface area contributed by atoms with Crippen molar-refractivity contribution >= 4 is 52.5 Å². The molecule has 5 nitrogen and oxygen atoms in total. The third kappa shape index (κ3) is 3.00. The summed E-state index contributed by atoms with van der Waals surface area (Å²) in [5.41, 5.74) is 2.68. The number of nitrogens with zero attached hydrogens (tertiary/aromatic N) is 3. The first-order valence-electron chi connectivity index (χ1n) is 7.37. The molecule has 0 aliphatic carbocycles. The van der Waals surface area contributed by atoms with Gasteiger partial charge in [-0.3, -0.25) is 0 Å². The van der Waals surface area contributed by atoms with E-state index in [-0.39, 0.29) is 0 Å². The van der Waals surface area contributed by atoms with E-state index in [1.54, 1.807) is 24.4 Å². The Morgan fingerprint density at radius 3 is 2.84 bits per heavy atom. The van der Waals surface area contributed by atoms with Crippen molar-refractivity contribution in [3.63, 3.8) is 0 Å². The Morgan fingerprint density at radius 2 is 2.00 bits per heavy atom. The molecule has 0 unspecified atom stereocenters. The molecule has 2 N–H and O–H groups in total. The number of nitrogens with one attached hydrogen (secondary N) is 2. The lowest BCUT2D eigenvalue weighted by atomic mass is 10.2. The van der Waals surface area contributed by atoms with Gasteiger partial charge >= 0.3 is 0 Å². The quantitative estimate of drug-likeness (QED) is 0.371. The molecule has 0 saturated carbocycles. The van der Waals surface area contributed by atoms with E-state index >= 15 is 0 Å². The van der Waals surface area contributed by atoms with Gasteiger partial charge in [0.05, 0.1) is 11.2 Å². The van der Waals surface area contributed by atoms with Gasteiger partial charge in [0.2, 0.25) is 4.77 Å². The number of aromatic nitrogens is 4. The number of para-hydroxylation sites is 1. The molecule has 0 fully saturated rings. The SMILES string of the molecule is S=c1[nH]nc(-c2ccc(Cl)cc2Cl)n1/N=C\c1c[nH]c2ccccc12. The minimum absolute atomic E-state index is 0.372. The highest BCUT2D eigenvalue weighted by molar-refractivity contribution is 7.71. The highest BCUT2D eigenvalue weighted by atomic mass is 35.5. The summed E-state index contributed by atoms with van der Waals surface area (Å²) in [7, 11) is 0. The number of hydrogen-bond acceptors (Lipinski definition) is 3. The first kappa shape index (κ1) is 16.1. The van der Waals surface area contributed by atoms with Crippen LogP contribution in [0.4, 0.5) is 0 Å². The minimum Gasteiger partial charge on any atom is -0.361 e. The van der Waals surface area contributed by atoms with Crippen LogP contribution in [0.15, 0.2) is 53.8 Å². The van der Waals surface area contributed by atoms with E-state index in [1.807, 2.05) is 30.5 Å². The zero-order valence-electron chi connectivity index (χ0n) is 12.7. The van der Waals surface area contributed by atoms with E-state index in [4.69, 9.17) is 35.4 Å². The molecule has 0 aliphatic rings. The van der Waals surface area contributed by atoms with Crippen LogP contribution in [0.3, 0.4) is 0 Å². The van der Waals surface area contributed by atoms with Gasteiger partial charge in [-0.25, -0.2) is 5.10 Å². The van der Waals surface area contributed by atoms with E-state index in [2.05, 4.69) is 20.3 Å². The molecule has 124 valence electrons. The molecule has 4 aromatic rings. The average Bonchev–Trinajstić information content (AvgIpc) is 3.17. The molecule has 0 bridgehead atoms. The lowest BCUT2D eigenvalue weighted by Gasteiger charge is -2.03. The molecular weight excluding hydrogens is 377 g/mol. The summed E-state index contributed by atoms with van der Waals surface area (Å²) in [5.74, 6) is 0.516. The van der Waals surface area contributed by atoms with Crippen LogP contribution < -0.4 is 0 Å². The summed E-state index contributed by atoms with van der Waals surface area (Å²) in [6.45, 7) is 0. The van der Waals surface area contributed by atoms with Crippen LogP contribution in [0.25, 0.3) is 22.3 Å². The second-order valence-electron chi connectivity index (χ2n) is 5.32. The fourth-order valence-corrected chi connectivity index (χ4v) is 3.24. The number of benzene rings is 2. The van der Waals surface area contributed by atoms with Gasteiger partial charge in [-0.15, -0.1) is 0 Å². The van der Waals surface area contributed by atoms with E-state index in [1.165, 1.54) is 4.68 Å². The highest BCUT2D eigenvalue weighted by Crippen LogP contribution is 2.29. The van der Waals surface area contributed by atoms with Crippen molar-refractivity contribution in [3.05, 3.63) is 69.0 Å². The van der Waals surface area contributed by atoms with Crippen LogP contribution in [0, 0.1) is 4.77 Å². The first-order valence-corrected chi connectivity index (χ1v) is 8.53. The number of halogens is 2. The molecule has 4 rings (SSSR count). The molecule has 25 heavy (non-hydrogen) atoms. The molecular formula is C17H11Cl2N5S. The predicted molar refractivity (Wildman–Crippen MR) is 104 cm³/mol. The Morgan fingerprint density at radius 1 is 1.16 bits per heavy atom. The van der Waals surface area contributed by atoms with Gasteiger partial charge in [0.25, 0.3) is 0 Å². The molecule has 2 aromatic heterocycles. The van der Waals surface area contributed by atoms with E-state index < -0.39 is 0 Å². The Balaban J connectivity index is 1.79. The van der Waals surface area contributed by atoms with Crippen LogP contribution in [0.2, 0.25) is 10.0 Å². The maximum Gasteiger partial charge on any atom is 0.216 e. The van der Waals surface area contributed by atoms with Crippen LogP contribution in [-0.4, -0.2) is 26.1 Å². The maximum atomic E-state index is 6.28. The first-order chi connectivity index (χ1) is 12.1. The van der Waals surface area contributed by atoms with Crippen molar-refractivity contribution in [2.45, 2.75) is 0 Å². The zero-order valence-corrected chi connectivity index (χ0v) is 15.0. The molecule has 0 saturated heterocycles. The topological polar surface area (TPSA) is 61.8 Å². The average molecular weight is 388 g/mol. The summed E-state index contributed by atoms with van der Waals surface area (Å²) in [4.78, 5) is 3.21. The summed E-state index contributed by atoms with van der Waals surface area (Å²) in [5, 5.41) is 13.6. The monoisotopic (exact) mass is 387 g/mol. The highest BCUT2D eigenvalue weighted by Gasteiger charge is 2.12. The second kappa shape index (κ2) is 6.48. The van der Waals surface area contributed by atoms with E-state index in [0.717, 1.165) is 16.5 Å². The number of fused-ring (bicyclic) bond motifs is 1. The Kier molecular flexibility index (Phi) is 4.17. The van der Waals surface area contributed by atoms with Crippen molar-refractivity contribution in [2.75, 3.05) is 0 Å². The molecule has 0 atom stereocenters. The van der Waals surface area contributed by atoms with Crippen molar-refractivity contribution in [1.29, 1.82) is 0 Å². The fourth-order valence-electron chi connectivity index (χ4n) is 2.56. The van der Waals surface area contributed by atoms with Gasteiger partial charge in [-0.1, -0.05) is 41.4 Å². The lowest BCUT2D eigenvalue weighted by molar-refractivity contribution is 0.872. The lowest BCUT2D eigenvalue weighted by Crippen LogP contribution is -1.95. The molecule has 2 aromatic carbocycles. The van der Waals surface area contributed by atoms with Gasteiger partial charge in [0, 0.05) is 33.2 Å². The van der Waals surface area contributed by atoms with Crippen molar-refractivity contribution in [2.24, 2.45) is 5.10 Å². The second-order valence-corrected chi connectivity index (χ2v) is 6.55. The van der Waals surface area contributed by atoms with Crippen LogP contribution in [0.5, 0.6) is 0 Å². The molecule has 0 spiro atoms. The molecule has 2 heterocycles. The fraction of sp³-hybridized carbons (Fsp3) is 0. The van der Waals surface area contributed by atoms with Gasteiger partial charge in [0.15, 0.2) is 5.82 Å². The van der Waals surface area contributed by atoms with Gasteiger partial charge in [0.1, 0.15) is 0 Å². The smallest absolute Gasteiger partial charge is 0.216 e. The Labute approximate surface area is 157 Å². The third-order valence-electron chi connectivity index (χ3n) is 3.76. The molecule has 0 radical (unpaired) electrons. The zero-order chi connectivity index (χ0) is 17.4. The maximum absolute atomic E-state index is 6.28. The van der Waals surface area contributed by atoms with Crippen molar-refractivity contribution < 1.29 is 0 Å².